The molecular formula is C20H16FN3O. The number of hydrogen-bond acceptors (Lipinski definition) is 3. The number of nitrogens with zero attached hydrogens (tertiary/aromatic N) is 2. The normalized spacial score (nSPS) is 18.7. The third kappa shape index (κ3) is 2.67. The van der Waals surface area contributed by atoms with E-state index >= 15 is 0 Å². The Bertz CT molecular complexity index is 941. The summed E-state index contributed by atoms with van der Waals surface area (Å²) in [6.07, 6.45) is 5.45. The SMILES string of the molecule is CC1(Cc2cncnc2)C(=O)Nc2ccc(-c3ccc(F)cc3)cc21. The van der Waals surface area contributed by atoms with Crippen molar-refractivity contribution in [3.05, 3.63) is 78.1 Å². The van der Waals surface area contributed by atoms with Crippen LogP contribution in [0.2, 0.25) is 0 Å². The average molecular weight is 333 g/mol. The van der Waals surface area contributed by atoms with Crippen LogP contribution >= 0.6 is 0 Å². The number of rotatable bonds is 3. The first-order chi connectivity index (χ1) is 12.1. The molecule has 5 heteroatoms. The number of benzene rings is 2. The third-order valence-electron chi connectivity index (χ3n) is 4.71. The summed E-state index contributed by atoms with van der Waals surface area (Å²) < 4.78 is 13.2. The smallest absolute Gasteiger partial charge is 0.235 e. The molecule has 0 saturated carbocycles. The van der Waals surface area contributed by atoms with Gasteiger partial charge in [-0.3, -0.25) is 4.79 Å². The zero-order valence-corrected chi connectivity index (χ0v) is 13.7. The minimum absolute atomic E-state index is 0.0393. The summed E-state index contributed by atoms with van der Waals surface area (Å²) in [6, 6.07) is 12.2. The highest BCUT2D eigenvalue weighted by molar-refractivity contribution is 6.06. The van der Waals surface area contributed by atoms with Crippen LogP contribution in [0, 0.1) is 5.82 Å². The minimum atomic E-state index is -0.698. The van der Waals surface area contributed by atoms with Crippen molar-refractivity contribution in [1.29, 1.82) is 0 Å². The molecule has 1 N–H and O–H groups in total. The maximum absolute atomic E-state index is 13.2. The molecule has 124 valence electrons. The number of anilines is 1. The molecule has 1 atom stereocenters. The summed E-state index contributed by atoms with van der Waals surface area (Å²) in [5, 5.41) is 2.96. The monoisotopic (exact) mass is 333 g/mol. The van der Waals surface area contributed by atoms with Crippen molar-refractivity contribution in [3.8, 4) is 11.1 Å². The lowest BCUT2D eigenvalue weighted by Gasteiger charge is -2.22. The number of carbonyl (C=O) groups is 1. The molecule has 0 radical (unpaired) electrons. The van der Waals surface area contributed by atoms with E-state index in [0.29, 0.717) is 6.42 Å². The van der Waals surface area contributed by atoms with Crippen LogP contribution in [-0.4, -0.2) is 15.9 Å². The number of amides is 1. The first-order valence-electron chi connectivity index (χ1n) is 8.02. The van der Waals surface area contributed by atoms with E-state index in [2.05, 4.69) is 15.3 Å². The molecule has 1 aliphatic rings. The van der Waals surface area contributed by atoms with Gasteiger partial charge in [-0.05, 0) is 59.9 Å². The predicted molar refractivity (Wildman–Crippen MR) is 93.6 cm³/mol. The number of nitrogens with one attached hydrogen (secondary N) is 1. The molecule has 1 aromatic heterocycles. The second-order valence-electron chi connectivity index (χ2n) is 6.48. The molecule has 1 amide bonds. The molecule has 0 bridgehead atoms. The van der Waals surface area contributed by atoms with Crippen molar-refractivity contribution in [3.63, 3.8) is 0 Å². The van der Waals surface area contributed by atoms with Gasteiger partial charge in [0.2, 0.25) is 5.91 Å². The van der Waals surface area contributed by atoms with Gasteiger partial charge in [-0.15, -0.1) is 0 Å². The lowest BCUT2D eigenvalue weighted by molar-refractivity contribution is -0.120. The summed E-state index contributed by atoms with van der Waals surface area (Å²) in [5.41, 5.74) is 3.81. The van der Waals surface area contributed by atoms with Crippen molar-refractivity contribution >= 4 is 11.6 Å². The van der Waals surface area contributed by atoms with E-state index in [1.807, 2.05) is 25.1 Å². The number of aromatic nitrogens is 2. The van der Waals surface area contributed by atoms with Crippen LogP contribution in [-0.2, 0) is 16.6 Å². The molecule has 0 spiro atoms. The predicted octanol–water partition coefficient (Wildman–Crippen LogP) is 3.74. The van der Waals surface area contributed by atoms with Gasteiger partial charge in [0.05, 0.1) is 5.41 Å². The Kier molecular flexibility index (Phi) is 3.57. The Labute approximate surface area is 144 Å². The highest BCUT2D eigenvalue weighted by Gasteiger charge is 2.42. The van der Waals surface area contributed by atoms with Crippen LogP contribution in [0.5, 0.6) is 0 Å². The fourth-order valence-electron chi connectivity index (χ4n) is 3.32. The fourth-order valence-corrected chi connectivity index (χ4v) is 3.32. The Morgan fingerprint density at radius 3 is 2.44 bits per heavy atom. The lowest BCUT2D eigenvalue weighted by Crippen LogP contribution is -2.33. The Morgan fingerprint density at radius 1 is 1.04 bits per heavy atom. The topological polar surface area (TPSA) is 54.9 Å². The van der Waals surface area contributed by atoms with Crippen LogP contribution in [0.15, 0.2) is 61.2 Å². The van der Waals surface area contributed by atoms with E-state index in [9.17, 15) is 9.18 Å². The Morgan fingerprint density at radius 2 is 1.72 bits per heavy atom. The molecule has 1 unspecified atom stereocenters. The van der Waals surface area contributed by atoms with Crippen LogP contribution in [0.25, 0.3) is 11.1 Å². The van der Waals surface area contributed by atoms with Gasteiger partial charge in [-0.2, -0.15) is 0 Å². The molecule has 3 aromatic rings. The van der Waals surface area contributed by atoms with Crippen LogP contribution in [0.1, 0.15) is 18.1 Å². The Hall–Kier alpha value is -3.08. The third-order valence-corrected chi connectivity index (χ3v) is 4.71. The van der Waals surface area contributed by atoms with E-state index in [0.717, 1.165) is 27.9 Å². The van der Waals surface area contributed by atoms with Crippen molar-refractivity contribution in [2.45, 2.75) is 18.8 Å². The van der Waals surface area contributed by atoms with Gasteiger partial charge in [0.25, 0.3) is 0 Å². The van der Waals surface area contributed by atoms with E-state index < -0.39 is 5.41 Å². The summed E-state index contributed by atoms with van der Waals surface area (Å²) >= 11 is 0. The highest BCUT2D eigenvalue weighted by atomic mass is 19.1. The van der Waals surface area contributed by atoms with E-state index in [1.54, 1.807) is 24.5 Å². The number of carbonyl (C=O) groups excluding carboxylic acids is 1. The number of halogens is 1. The van der Waals surface area contributed by atoms with E-state index in [-0.39, 0.29) is 11.7 Å². The van der Waals surface area contributed by atoms with E-state index in [4.69, 9.17) is 0 Å². The molecule has 25 heavy (non-hydrogen) atoms. The van der Waals surface area contributed by atoms with Gasteiger partial charge in [0.15, 0.2) is 0 Å². The first kappa shape index (κ1) is 15.4. The zero-order chi connectivity index (χ0) is 17.4. The van der Waals surface area contributed by atoms with Crippen LogP contribution < -0.4 is 5.32 Å². The summed E-state index contributed by atoms with van der Waals surface area (Å²) in [4.78, 5) is 20.7. The van der Waals surface area contributed by atoms with Crippen LogP contribution in [0.4, 0.5) is 10.1 Å². The first-order valence-corrected chi connectivity index (χ1v) is 8.02. The molecule has 0 aliphatic carbocycles. The van der Waals surface area contributed by atoms with Gasteiger partial charge in [-0.1, -0.05) is 18.2 Å². The molecule has 0 fully saturated rings. The summed E-state index contributed by atoms with van der Waals surface area (Å²) in [7, 11) is 0. The maximum Gasteiger partial charge on any atom is 0.235 e. The molecule has 2 heterocycles. The van der Waals surface area contributed by atoms with Crippen molar-refractivity contribution in [2.75, 3.05) is 5.32 Å². The number of hydrogen-bond donors (Lipinski definition) is 1. The second kappa shape index (κ2) is 5.77. The average Bonchev–Trinajstić information content (AvgIpc) is 2.87. The minimum Gasteiger partial charge on any atom is -0.325 e. The molecular weight excluding hydrogens is 317 g/mol. The van der Waals surface area contributed by atoms with E-state index in [1.165, 1.54) is 18.5 Å². The van der Waals surface area contributed by atoms with Crippen molar-refractivity contribution < 1.29 is 9.18 Å². The van der Waals surface area contributed by atoms with Crippen LogP contribution in [0.3, 0.4) is 0 Å². The van der Waals surface area contributed by atoms with Gasteiger partial charge in [0.1, 0.15) is 12.1 Å². The molecule has 4 nitrogen and oxygen atoms in total. The molecule has 1 aliphatic heterocycles. The van der Waals surface area contributed by atoms with Crippen molar-refractivity contribution in [1.82, 2.24) is 9.97 Å². The Balaban J connectivity index is 1.76. The molecule has 0 saturated heterocycles. The summed E-state index contributed by atoms with van der Waals surface area (Å²) in [5.74, 6) is -0.307. The highest BCUT2D eigenvalue weighted by Crippen LogP contribution is 2.41. The summed E-state index contributed by atoms with van der Waals surface area (Å²) in [6.45, 7) is 1.93. The standard InChI is InChI=1S/C20H16FN3O/c1-20(9-13-10-22-12-23-11-13)17-8-15(4-7-18(17)24-19(20)25)14-2-5-16(21)6-3-14/h2-8,10-12H,9H2,1H3,(H,24,25). The van der Waals surface area contributed by atoms with Gasteiger partial charge in [-0.25, -0.2) is 14.4 Å². The molecule has 2 aromatic carbocycles. The molecule has 4 rings (SSSR count). The van der Waals surface area contributed by atoms with Gasteiger partial charge >= 0.3 is 0 Å². The van der Waals surface area contributed by atoms with Crippen molar-refractivity contribution in [2.24, 2.45) is 0 Å². The second-order valence-corrected chi connectivity index (χ2v) is 6.48. The lowest BCUT2D eigenvalue weighted by atomic mass is 9.78. The zero-order valence-electron chi connectivity index (χ0n) is 13.7. The van der Waals surface area contributed by atoms with Gasteiger partial charge < -0.3 is 5.32 Å². The quantitative estimate of drug-likeness (QED) is 0.794. The number of fused-ring (bicyclic) bond motifs is 1. The maximum atomic E-state index is 13.2. The largest absolute Gasteiger partial charge is 0.325 e. The fraction of sp³-hybridized carbons (Fsp3) is 0.150. The van der Waals surface area contributed by atoms with Gasteiger partial charge in [0, 0.05) is 18.1 Å².